The van der Waals surface area contributed by atoms with Gasteiger partial charge in [0.05, 0.1) is 0 Å². The van der Waals surface area contributed by atoms with E-state index in [9.17, 15) is 4.79 Å². The largest absolute Gasteiger partial charge is 1.00 e. The summed E-state index contributed by atoms with van der Waals surface area (Å²) in [4.78, 5) is 18.5. The average molecular weight is 862 g/mol. The van der Waals surface area contributed by atoms with E-state index in [2.05, 4.69) is 187 Å². The molecule has 1 atom stereocenters. The van der Waals surface area contributed by atoms with Crippen LogP contribution in [-0.2, 0) is 9.59 Å². The second-order valence-electron chi connectivity index (χ2n) is 19.2. The number of carbonyl (C=O) groups excluding carboxylic acids is 2. The number of carbonyl (C=O) groups is 2. The molecule has 13 heteroatoms. The summed E-state index contributed by atoms with van der Waals surface area (Å²) in [5.74, 6) is -0.583. The molecule has 0 aliphatic heterocycles. The zero-order valence-electron chi connectivity index (χ0n) is 38.9. The van der Waals surface area contributed by atoms with Gasteiger partial charge in [0, 0.05) is 17.0 Å². The van der Waals surface area contributed by atoms with Crippen molar-refractivity contribution in [1.82, 2.24) is 5.32 Å². The van der Waals surface area contributed by atoms with Gasteiger partial charge < -0.3 is 44.1 Å². The molecule has 0 aromatic heterocycles. The van der Waals surface area contributed by atoms with E-state index < -0.39 is 5.91 Å². The van der Waals surface area contributed by atoms with Gasteiger partial charge >= 0.3 is 154 Å². The minimum Gasteiger partial charge on any atom is -0.693 e. The summed E-state index contributed by atoms with van der Waals surface area (Å²) < 4.78 is 0. The predicted molar refractivity (Wildman–Crippen MR) is 244 cm³/mol. The Bertz CT molecular complexity index is 576. The molecule has 6 N–H and O–H groups in total. The molecule has 0 aliphatic rings. The molecule has 0 aromatic carbocycles. The summed E-state index contributed by atoms with van der Waals surface area (Å²) in [6, 6.07) is 0. The molecule has 0 saturated heterocycles. The maximum absolute atomic E-state index is 9.41. The third-order valence-electron chi connectivity index (χ3n) is 2.76. The molecule has 320 valence electrons. The maximum Gasteiger partial charge on any atom is 1.00 e. The van der Waals surface area contributed by atoms with E-state index in [1.165, 1.54) is 13.8 Å². The molecule has 0 heterocycles. The predicted octanol–water partition coefficient (Wildman–Crippen LogP) is 7.03. The van der Waals surface area contributed by atoms with Gasteiger partial charge in [0.25, 0.3) is 0 Å². The van der Waals surface area contributed by atoms with E-state index in [-0.39, 0.29) is 246 Å². The van der Waals surface area contributed by atoms with Crippen LogP contribution in [0.2, 0.25) is 0 Å². The molecule has 9 nitrogen and oxygen atoms in total. The first-order valence-electron chi connectivity index (χ1n) is 15.8. The van der Waals surface area contributed by atoms with Gasteiger partial charge in [-0.1, -0.05) is 164 Å². The molecule has 0 spiro atoms. The van der Waals surface area contributed by atoms with Crippen molar-refractivity contribution in [2.75, 3.05) is 0 Å². The van der Waals surface area contributed by atoms with Gasteiger partial charge in [0.15, 0.2) is 0 Å². The molecule has 53 heavy (non-hydrogen) atoms. The number of hydrogen-bond acceptors (Lipinski definition) is 3. The zero-order chi connectivity index (χ0) is 38.0. The van der Waals surface area contributed by atoms with Crippen LogP contribution in [-0.4, -0.2) is 55.7 Å². The number of nitrogens with one attached hydrogen (secondary N) is 2. The van der Waals surface area contributed by atoms with Crippen molar-refractivity contribution < 1.29 is 164 Å². The number of nitrogens with zero attached hydrogens (tertiary/aromatic N) is 3. The fourth-order valence-corrected chi connectivity index (χ4v) is 4.14. The quantitative estimate of drug-likeness (QED) is 0.204. The van der Waals surface area contributed by atoms with Crippen LogP contribution in [0.5, 0.6) is 0 Å². The van der Waals surface area contributed by atoms with Gasteiger partial charge in [-0.2, -0.15) is 0 Å². The summed E-state index contributed by atoms with van der Waals surface area (Å²) in [5, 5.41) is 17.1. The summed E-state index contributed by atoms with van der Waals surface area (Å²) in [6.07, 6.45) is 0. The number of amides is 1. The Hall–Kier alpha value is 4.24. The maximum atomic E-state index is 9.41. The van der Waals surface area contributed by atoms with Gasteiger partial charge in [-0.05, 0) is 55.4 Å². The standard InChI is InChI=1S/C8H19N.3C8H18N.C2H5NO.C2H5OP.4CH4.3K.2H2N/c4*1-7(2,3)9-8(4,5)6;2*1-2(3)4;;;;;;;;;/h9H,1-6H3;3*1-6H3;1H3,(H2,3,4);4H2,1H3;4*1H4;;;;2*1H2/q;3*-1;;;;;;;3*+1;2*-1/p-1. The van der Waals surface area contributed by atoms with E-state index in [1.54, 1.807) is 0 Å². The second-order valence-corrected chi connectivity index (χ2v) is 20.0. The molecular weight excluding hydrogens is 759 g/mol. The van der Waals surface area contributed by atoms with Crippen LogP contribution in [0, 0.1) is 0 Å². The summed E-state index contributed by atoms with van der Waals surface area (Å²) in [7, 11) is 2.02. The Morgan fingerprint density at radius 2 is 0.491 bits per heavy atom. The molecule has 0 aromatic rings. The molecule has 0 radical (unpaired) electrons. The van der Waals surface area contributed by atoms with Crippen molar-refractivity contribution >= 4 is 20.7 Å². The monoisotopic (exact) mass is 861 g/mol. The summed E-state index contributed by atoms with van der Waals surface area (Å²) in [5.41, 5.74) is 7.15. The minimum atomic E-state index is -0.583. The molecular formula is C40H102K3N7O2P-3. The minimum absolute atomic E-state index is 0. The van der Waals surface area contributed by atoms with Crippen molar-refractivity contribution in [2.24, 2.45) is 0 Å². The molecule has 0 aliphatic carbocycles. The Morgan fingerprint density at radius 3 is 0.491 bits per heavy atom. The van der Waals surface area contributed by atoms with Crippen LogP contribution in [0.15, 0.2) is 0 Å². The second kappa shape index (κ2) is 44.3. The zero-order valence-corrected chi connectivity index (χ0v) is 49.4. The molecule has 1 amide bonds. The molecule has 0 bridgehead atoms. The third kappa shape index (κ3) is 207. The number of nitrogens with two attached hydrogens (primary N) is 2. The number of rotatable bonds is 0. The Balaban J connectivity index is -0.0000000248. The fourth-order valence-electron chi connectivity index (χ4n) is 4.14. The molecule has 0 rings (SSSR count). The first kappa shape index (κ1) is 101. The van der Waals surface area contributed by atoms with E-state index in [1.807, 2.05) is 9.24 Å². The van der Waals surface area contributed by atoms with Gasteiger partial charge in [0.1, 0.15) is 5.52 Å². The van der Waals surface area contributed by atoms with Crippen LogP contribution < -0.4 is 159 Å². The van der Waals surface area contributed by atoms with Gasteiger partial charge in [-0.3, -0.25) is 4.79 Å². The number of hydrogen-bond donors (Lipinski definition) is 1. The molecule has 1 unspecified atom stereocenters. The molecule has 0 fully saturated rings. The van der Waals surface area contributed by atoms with E-state index in [0.29, 0.717) is 0 Å². The average Bonchev–Trinajstić information content (AvgIpc) is 2.38. The Morgan fingerprint density at radius 1 is 0.415 bits per heavy atom. The van der Waals surface area contributed by atoms with E-state index in [0.717, 1.165) is 0 Å². The van der Waals surface area contributed by atoms with Crippen LogP contribution in [0.25, 0.3) is 34.0 Å². The van der Waals surface area contributed by atoms with Gasteiger partial charge in [-0.25, -0.2) is 0 Å². The van der Waals surface area contributed by atoms with Crippen molar-refractivity contribution in [1.29, 1.82) is 0 Å². The van der Waals surface area contributed by atoms with Crippen molar-refractivity contribution in [3.8, 4) is 0 Å². The van der Waals surface area contributed by atoms with Gasteiger partial charge in [-0.15, -0.1) is 33.2 Å². The van der Waals surface area contributed by atoms with Crippen molar-refractivity contribution in [2.45, 2.75) is 254 Å². The van der Waals surface area contributed by atoms with E-state index in [4.69, 9.17) is 10.5 Å². The van der Waals surface area contributed by atoms with Crippen LogP contribution >= 0.6 is 9.24 Å². The fraction of sp³-hybridized carbons (Fsp3) is 0.950. The van der Waals surface area contributed by atoms with Crippen LogP contribution in [0.3, 0.4) is 0 Å². The third-order valence-corrected chi connectivity index (χ3v) is 2.76. The van der Waals surface area contributed by atoms with Crippen LogP contribution in [0.4, 0.5) is 0 Å². The smallest absolute Gasteiger partial charge is 0.693 e. The van der Waals surface area contributed by atoms with Crippen molar-refractivity contribution in [3.63, 3.8) is 0 Å². The molecule has 0 saturated carbocycles. The van der Waals surface area contributed by atoms with Crippen molar-refractivity contribution in [3.05, 3.63) is 34.0 Å². The first-order valence-corrected chi connectivity index (χ1v) is 16.4. The topological polar surface area (TPSA) is 179 Å². The SMILES string of the molecule is C.C.C.C.CC(=O)P.CC(C)(C)NC(C)(C)C.CC(C)(C)[N-]C(C)(C)C.CC(C)(C)[N-]C(C)(C)C.CC(C)(C)[N-]C(C)(C)C.CC([NH-])=O.[K+].[K+].[K+].[NH2-].[NH2-]. The first-order chi connectivity index (χ1) is 18.3. The summed E-state index contributed by atoms with van der Waals surface area (Å²) >= 11 is 0. The Kier molecular flexibility index (Phi) is 84.8. The summed E-state index contributed by atoms with van der Waals surface area (Å²) in [6.45, 7) is 54.0. The normalized spacial score (nSPS) is 10.5. The van der Waals surface area contributed by atoms with Crippen LogP contribution in [0.1, 0.15) is 210 Å². The van der Waals surface area contributed by atoms with E-state index >= 15 is 0 Å². The Labute approximate surface area is 469 Å². The van der Waals surface area contributed by atoms with Gasteiger partial charge in [0.2, 0.25) is 0 Å².